The molecule has 0 radical (unpaired) electrons. The van der Waals surface area contributed by atoms with Crippen molar-refractivity contribution < 1.29 is 6.17 Å². The van der Waals surface area contributed by atoms with Gasteiger partial charge in [0.05, 0.1) is 29.8 Å². The topological polar surface area (TPSA) is 46.9 Å². The van der Waals surface area contributed by atoms with E-state index in [1.54, 1.807) is 6.20 Å². The number of anilines is 1. The summed E-state index contributed by atoms with van der Waals surface area (Å²) >= 11 is 0. The number of aryl methyl sites for hydroxylation is 1. The summed E-state index contributed by atoms with van der Waals surface area (Å²) in [6, 6.07) is 8.22. The zero-order valence-electron chi connectivity index (χ0n) is 13.7. The first-order valence-electron chi connectivity index (χ1n) is 7.45. The number of hydrogen-bond donors (Lipinski definition) is 1. The van der Waals surface area contributed by atoms with Crippen LogP contribution in [0.25, 0.3) is 21.9 Å². The molecule has 1 N–H and O–H groups in total. The van der Waals surface area contributed by atoms with Crippen LogP contribution in [0.2, 0.25) is 0 Å². The zero-order chi connectivity index (χ0) is 16.1. The van der Waals surface area contributed by atoms with Crippen LogP contribution in [0.5, 0.6) is 0 Å². The molecule has 0 fully saturated rings. The number of pyridine rings is 1. The highest BCUT2D eigenvalue weighted by atomic mass is 16.2. The van der Waals surface area contributed by atoms with E-state index in [0.717, 1.165) is 21.9 Å². The van der Waals surface area contributed by atoms with Gasteiger partial charge in [0.15, 0.2) is 0 Å². The molecule has 0 saturated carbocycles. The number of aromatic nitrogens is 2. The van der Waals surface area contributed by atoms with Gasteiger partial charge in [0.1, 0.15) is 0 Å². The fourth-order valence-corrected chi connectivity index (χ4v) is 2.31. The second kappa shape index (κ2) is 4.58. The van der Waals surface area contributed by atoms with Crippen LogP contribution in [-0.4, -0.2) is 15.5 Å². The Morgan fingerprint density at radius 2 is 2.00 bits per heavy atom. The average molecular weight is 282 g/mol. The van der Waals surface area contributed by atoms with E-state index in [-0.39, 0.29) is 5.91 Å². The van der Waals surface area contributed by atoms with E-state index in [1.165, 1.54) is 0 Å². The van der Waals surface area contributed by atoms with Crippen LogP contribution in [0.4, 0.5) is 5.69 Å². The van der Waals surface area contributed by atoms with Gasteiger partial charge < -0.3 is 9.88 Å². The smallest absolute Gasteiger partial charge is 0.229 e. The Labute approximate surface area is 125 Å². The lowest BCUT2D eigenvalue weighted by atomic mass is 9.95. The maximum atomic E-state index is 12.2. The monoisotopic (exact) mass is 282 g/mol. The van der Waals surface area contributed by atoms with Crippen molar-refractivity contribution in [2.75, 3.05) is 5.32 Å². The van der Waals surface area contributed by atoms with Crippen molar-refractivity contribution in [1.29, 1.82) is 0 Å². The Kier molecular flexibility index (Phi) is 2.70. The molecule has 0 spiro atoms. The number of hydrogen-bond acceptors (Lipinski definition) is 2. The minimum Gasteiger partial charge on any atom is -0.342 e. The van der Waals surface area contributed by atoms with Gasteiger partial charge in [-0.15, -0.1) is 0 Å². The molecule has 0 aliphatic rings. The predicted octanol–water partition coefficient (Wildman–Crippen LogP) is 3.71. The van der Waals surface area contributed by atoms with E-state index in [9.17, 15) is 4.79 Å². The van der Waals surface area contributed by atoms with Crippen molar-refractivity contribution in [1.82, 2.24) is 9.55 Å². The van der Waals surface area contributed by atoms with Crippen molar-refractivity contribution in [3.63, 3.8) is 0 Å². The first-order chi connectivity index (χ1) is 10.3. The minimum absolute atomic E-state index is 0.124. The highest BCUT2D eigenvalue weighted by molar-refractivity contribution is 6.07. The van der Waals surface area contributed by atoms with E-state index >= 15 is 0 Å². The molecular formula is C17H19N3O. The van der Waals surface area contributed by atoms with Crippen molar-refractivity contribution in [3.8, 4) is 0 Å². The third-order valence-electron chi connectivity index (χ3n) is 3.59. The Morgan fingerprint density at radius 3 is 2.71 bits per heavy atom. The van der Waals surface area contributed by atoms with E-state index in [1.807, 2.05) is 56.7 Å². The Hall–Kier alpha value is -2.36. The second-order valence-electron chi connectivity index (χ2n) is 6.27. The number of benzene rings is 1. The quantitative estimate of drug-likeness (QED) is 0.739. The lowest BCUT2D eigenvalue weighted by Gasteiger charge is -2.17. The van der Waals surface area contributed by atoms with Crippen LogP contribution in [0.1, 0.15) is 22.1 Å². The zero-order valence-corrected chi connectivity index (χ0v) is 12.7. The van der Waals surface area contributed by atoms with Crippen molar-refractivity contribution in [2.24, 2.45) is 12.5 Å². The van der Waals surface area contributed by atoms with Crippen LogP contribution < -0.4 is 5.32 Å². The summed E-state index contributed by atoms with van der Waals surface area (Å²) in [4.78, 5) is 16.6. The first kappa shape index (κ1) is 12.4. The summed E-state index contributed by atoms with van der Waals surface area (Å²) in [7, 11) is 1.92. The molecule has 0 unspecified atom stereocenters. The van der Waals surface area contributed by atoms with E-state index in [4.69, 9.17) is 1.37 Å². The number of carbonyl (C=O) groups excluding carboxylic acids is 1. The van der Waals surface area contributed by atoms with E-state index in [0.29, 0.717) is 11.7 Å². The molecule has 1 aromatic carbocycles. The second-order valence-corrected chi connectivity index (χ2v) is 6.27. The van der Waals surface area contributed by atoms with Crippen molar-refractivity contribution in [3.05, 3.63) is 36.5 Å². The number of nitrogens with zero attached hydrogens (tertiary/aromatic N) is 2. The number of rotatable bonds is 1. The fourth-order valence-electron chi connectivity index (χ4n) is 2.31. The average Bonchev–Trinajstić information content (AvgIpc) is 2.75. The van der Waals surface area contributed by atoms with Gasteiger partial charge in [-0.25, -0.2) is 0 Å². The number of para-hydroxylation sites is 1. The molecular weight excluding hydrogens is 262 g/mol. The minimum atomic E-state index is -0.514. The van der Waals surface area contributed by atoms with Gasteiger partial charge in [-0.2, -0.15) is 0 Å². The van der Waals surface area contributed by atoms with Crippen LogP contribution in [0.3, 0.4) is 0 Å². The third kappa shape index (κ3) is 2.27. The van der Waals surface area contributed by atoms with Crippen LogP contribution in [-0.2, 0) is 11.8 Å². The molecule has 0 aliphatic carbocycles. The van der Waals surface area contributed by atoms with Gasteiger partial charge >= 0.3 is 0 Å². The van der Waals surface area contributed by atoms with Crippen LogP contribution >= 0.6 is 0 Å². The fraction of sp³-hybridized carbons (Fsp3) is 0.294. The van der Waals surface area contributed by atoms with Crippen molar-refractivity contribution in [2.45, 2.75) is 20.8 Å². The van der Waals surface area contributed by atoms with E-state index in [2.05, 4.69) is 10.3 Å². The largest absolute Gasteiger partial charge is 0.342 e. The summed E-state index contributed by atoms with van der Waals surface area (Å²) in [6.45, 7) is 5.53. The number of amides is 1. The lowest BCUT2D eigenvalue weighted by Crippen LogP contribution is -2.27. The molecule has 0 bridgehead atoms. The van der Waals surface area contributed by atoms with Crippen LogP contribution in [0.15, 0.2) is 36.5 Å². The molecule has 21 heavy (non-hydrogen) atoms. The summed E-state index contributed by atoms with van der Waals surface area (Å²) in [5.74, 6) is -0.124. The van der Waals surface area contributed by atoms with Gasteiger partial charge in [-0.05, 0) is 12.1 Å². The SMILES string of the molecule is [2H]c1c(NC(=O)C(C)(C)C)cnc2c3ccccc3n(C)c12. The molecule has 1 amide bonds. The summed E-state index contributed by atoms with van der Waals surface area (Å²) in [5.41, 5.74) is 2.47. The highest BCUT2D eigenvalue weighted by Crippen LogP contribution is 2.28. The molecule has 4 nitrogen and oxygen atoms in total. The Morgan fingerprint density at radius 1 is 1.29 bits per heavy atom. The third-order valence-corrected chi connectivity index (χ3v) is 3.59. The molecule has 3 aromatic rings. The maximum absolute atomic E-state index is 12.2. The Balaban J connectivity index is 2.20. The summed E-state index contributed by atoms with van der Waals surface area (Å²) in [5, 5.41) is 3.83. The van der Waals surface area contributed by atoms with E-state index < -0.39 is 5.41 Å². The molecule has 0 saturated heterocycles. The molecule has 3 rings (SSSR count). The van der Waals surface area contributed by atoms with Gasteiger partial charge in [0.2, 0.25) is 5.91 Å². The number of carbonyl (C=O) groups is 1. The van der Waals surface area contributed by atoms with Gasteiger partial charge in [0, 0.05) is 17.8 Å². The molecule has 0 aliphatic heterocycles. The molecule has 2 heterocycles. The Bertz CT molecular complexity index is 890. The summed E-state index contributed by atoms with van der Waals surface area (Å²) < 4.78 is 10.4. The van der Waals surface area contributed by atoms with Gasteiger partial charge in [-0.1, -0.05) is 39.0 Å². The molecule has 2 aromatic heterocycles. The normalized spacial score (nSPS) is 12.7. The number of fused-ring (bicyclic) bond motifs is 3. The molecule has 4 heteroatoms. The summed E-state index contributed by atoms with van der Waals surface area (Å²) in [6.07, 6.45) is 1.57. The predicted molar refractivity (Wildman–Crippen MR) is 86.3 cm³/mol. The lowest BCUT2D eigenvalue weighted by molar-refractivity contribution is -0.123. The van der Waals surface area contributed by atoms with Crippen molar-refractivity contribution >= 4 is 33.5 Å². The standard InChI is InChI=1S/C17H19N3O/c1-17(2,3)16(21)19-11-9-14-15(18-10-11)12-7-5-6-8-13(12)20(14)4/h5-10H,1-4H3,(H,19,21)/i9D. The van der Waals surface area contributed by atoms with Crippen LogP contribution in [0, 0.1) is 5.41 Å². The maximum Gasteiger partial charge on any atom is 0.229 e. The van der Waals surface area contributed by atoms with Gasteiger partial charge in [0.25, 0.3) is 0 Å². The highest BCUT2D eigenvalue weighted by Gasteiger charge is 2.21. The molecule has 108 valence electrons. The number of nitrogens with one attached hydrogen (secondary N) is 1. The van der Waals surface area contributed by atoms with Gasteiger partial charge in [-0.3, -0.25) is 9.78 Å². The first-order valence-corrected chi connectivity index (χ1v) is 6.95. The molecule has 0 atom stereocenters.